The van der Waals surface area contributed by atoms with E-state index < -0.39 is 0 Å². The van der Waals surface area contributed by atoms with Gasteiger partial charge in [0.1, 0.15) is 0 Å². The third-order valence-electron chi connectivity index (χ3n) is 5.35. The summed E-state index contributed by atoms with van der Waals surface area (Å²) in [5.74, 6) is 2.65. The Labute approximate surface area is 110 Å². The lowest BCUT2D eigenvalue weighted by atomic mass is 9.89. The summed E-state index contributed by atoms with van der Waals surface area (Å²) in [6, 6.07) is 0.503. The summed E-state index contributed by atoms with van der Waals surface area (Å²) in [6.07, 6.45) is 11.9. The number of carbonyl (C=O) groups excluding carboxylic acids is 1. The molecule has 3 saturated carbocycles. The van der Waals surface area contributed by atoms with Crippen LogP contribution in [0.5, 0.6) is 0 Å². The van der Waals surface area contributed by atoms with Gasteiger partial charge in [-0.2, -0.15) is 0 Å². The van der Waals surface area contributed by atoms with Crippen LogP contribution in [0.25, 0.3) is 0 Å². The molecule has 0 heterocycles. The highest BCUT2D eigenvalue weighted by Crippen LogP contribution is 2.47. The molecule has 2 bridgehead atoms. The van der Waals surface area contributed by atoms with E-state index in [2.05, 4.69) is 10.6 Å². The van der Waals surface area contributed by atoms with E-state index in [1.165, 1.54) is 57.8 Å². The number of amides is 2. The number of hydrogen-bond acceptors (Lipinski definition) is 1. The van der Waals surface area contributed by atoms with Crippen molar-refractivity contribution in [3.05, 3.63) is 0 Å². The second-order valence-electron chi connectivity index (χ2n) is 6.62. The van der Waals surface area contributed by atoms with Crippen molar-refractivity contribution in [2.45, 2.75) is 63.8 Å². The highest BCUT2D eigenvalue weighted by atomic mass is 16.2. The number of fused-ring (bicyclic) bond motifs is 2. The van der Waals surface area contributed by atoms with Gasteiger partial charge in [-0.1, -0.05) is 25.7 Å². The first-order chi connectivity index (χ1) is 8.81. The first-order valence-electron chi connectivity index (χ1n) is 7.85. The maximum absolute atomic E-state index is 11.9. The van der Waals surface area contributed by atoms with Gasteiger partial charge in [-0.25, -0.2) is 4.79 Å². The zero-order valence-corrected chi connectivity index (χ0v) is 11.3. The summed E-state index contributed by atoms with van der Waals surface area (Å²) in [7, 11) is 0. The fourth-order valence-corrected chi connectivity index (χ4v) is 4.33. The third-order valence-corrected chi connectivity index (χ3v) is 5.35. The summed E-state index contributed by atoms with van der Waals surface area (Å²) < 4.78 is 0. The van der Waals surface area contributed by atoms with Gasteiger partial charge < -0.3 is 10.6 Å². The van der Waals surface area contributed by atoms with Crippen LogP contribution in [-0.2, 0) is 0 Å². The average Bonchev–Trinajstić information content (AvgIpc) is 3.00. The standard InChI is InChI=1S/C15H26N2O/c18-15(17-14-4-2-1-3-5-14)16-10-13-9-11-6-7-12(13)8-11/h11-14H,1-10H2,(H2,16,17,18)/t11-,12-,13+/m1/s1. The lowest BCUT2D eigenvalue weighted by molar-refractivity contribution is 0.227. The molecule has 102 valence electrons. The van der Waals surface area contributed by atoms with Crippen LogP contribution < -0.4 is 10.6 Å². The molecule has 0 aliphatic heterocycles. The lowest BCUT2D eigenvalue weighted by Gasteiger charge is -2.25. The predicted octanol–water partition coefficient (Wildman–Crippen LogP) is 3.05. The minimum atomic E-state index is 0.0738. The van der Waals surface area contributed by atoms with Crippen LogP contribution in [0, 0.1) is 17.8 Å². The van der Waals surface area contributed by atoms with E-state index in [0.29, 0.717) is 6.04 Å². The number of urea groups is 1. The van der Waals surface area contributed by atoms with E-state index in [-0.39, 0.29) is 6.03 Å². The van der Waals surface area contributed by atoms with E-state index >= 15 is 0 Å². The molecule has 3 fully saturated rings. The van der Waals surface area contributed by atoms with Crippen LogP contribution in [0.1, 0.15) is 57.8 Å². The second kappa shape index (κ2) is 5.50. The molecule has 18 heavy (non-hydrogen) atoms. The Morgan fingerprint density at radius 3 is 2.50 bits per heavy atom. The molecule has 2 amide bonds. The van der Waals surface area contributed by atoms with Gasteiger partial charge in [-0.15, -0.1) is 0 Å². The molecule has 3 atom stereocenters. The highest BCUT2D eigenvalue weighted by Gasteiger charge is 2.39. The van der Waals surface area contributed by atoms with E-state index in [1.54, 1.807) is 0 Å². The molecule has 3 rings (SSSR count). The maximum atomic E-state index is 11.9. The molecule has 2 N–H and O–H groups in total. The summed E-state index contributed by atoms with van der Waals surface area (Å²) in [6.45, 7) is 0.902. The summed E-state index contributed by atoms with van der Waals surface area (Å²) in [5, 5.41) is 6.24. The molecular formula is C15H26N2O. The van der Waals surface area contributed by atoms with E-state index in [9.17, 15) is 4.79 Å². The van der Waals surface area contributed by atoms with Crippen LogP contribution in [0.4, 0.5) is 4.79 Å². The second-order valence-corrected chi connectivity index (χ2v) is 6.62. The van der Waals surface area contributed by atoms with Crippen molar-refractivity contribution < 1.29 is 4.79 Å². The van der Waals surface area contributed by atoms with Crippen LogP contribution in [0.15, 0.2) is 0 Å². The Kier molecular flexibility index (Phi) is 3.76. The molecule has 3 heteroatoms. The lowest BCUT2D eigenvalue weighted by Crippen LogP contribution is -2.44. The van der Waals surface area contributed by atoms with Crippen molar-refractivity contribution >= 4 is 6.03 Å². The topological polar surface area (TPSA) is 41.1 Å². The van der Waals surface area contributed by atoms with Gasteiger partial charge in [0.15, 0.2) is 0 Å². The van der Waals surface area contributed by atoms with Crippen molar-refractivity contribution in [3.63, 3.8) is 0 Å². The minimum Gasteiger partial charge on any atom is -0.338 e. The number of hydrogen-bond donors (Lipinski definition) is 2. The van der Waals surface area contributed by atoms with Crippen molar-refractivity contribution in [3.8, 4) is 0 Å². The molecule has 3 aliphatic carbocycles. The van der Waals surface area contributed by atoms with Crippen molar-refractivity contribution in [1.82, 2.24) is 10.6 Å². The van der Waals surface area contributed by atoms with Gasteiger partial charge in [-0.05, 0) is 49.9 Å². The summed E-state index contributed by atoms with van der Waals surface area (Å²) in [5.41, 5.74) is 0. The van der Waals surface area contributed by atoms with Crippen LogP contribution in [0.2, 0.25) is 0 Å². The Bertz CT molecular complexity index is 299. The SMILES string of the molecule is O=C(NC[C@@H]1C[C@@H]2CC[C@@H]1C2)NC1CCCCC1. The Morgan fingerprint density at radius 2 is 1.83 bits per heavy atom. The largest absolute Gasteiger partial charge is 0.338 e. The predicted molar refractivity (Wildman–Crippen MR) is 72.3 cm³/mol. The van der Waals surface area contributed by atoms with E-state index in [1.807, 2.05) is 0 Å². The molecule has 0 unspecified atom stereocenters. The number of nitrogens with one attached hydrogen (secondary N) is 2. The fraction of sp³-hybridized carbons (Fsp3) is 0.933. The third kappa shape index (κ3) is 2.81. The maximum Gasteiger partial charge on any atom is 0.315 e. The first-order valence-corrected chi connectivity index (χ1v) is 7.85. The molecule has 0 saturated heterocycles. The molecule has 0 aromatic carbocycles. The Hall–Kier alpha value is -0.730. The number of carbonyl (C=O) groups is 1. The molecule has 3 aliphatic rings. The zero-order valence-electron chi connectivity index (χ0n) is 11.3. The Morgan fingerprint density at radius 1 is 1.00 bits per heavy atom. The molecule has 0 aromatic heterocycles. The van der Waals surface area contributed by atoms with Gasteiger partial charge in [0.2, 0.25) is 0 Å². The van der Waals surface area contributed by atoms with Crippen molar-refractivity contribution in [2.75, 3.05) is 6.54 Å². The average molecular weight is 250 g/mol. The van der Waals surface area contributed by atoms with E-state index in [4.69, 9.17) is 0 Å². The van der Waals surface area contributed by atoms with Gasteiger partial charge in [0, 0.05) is 12.6 Å². The van der Waals surface area contributed by atoms with Crippen LogP contribution >= 0.6 is 0 Å². The van der Waals surface area contributed by atoms with Gasteiger partial charge >= 0.3 is 6.03 Å². The molecular weight excluding hydrogens is 224 g/mol. The minimum absolute atomic E-state index is 0.0738. The molecule has 0 spiro atoms. The van der Waals surface area contributed by atoms with Gasteiger partial charge in [0.05, 0.1) is 0 Å². The normalized spacial score (nSPS) is 35.7. The summed E-state index contributed by atoms with van der Waals surface area (Å²) >= 11 is 0. The molecule has 3 nitrogen and oxygen atoms in total. The fourth-order valence-electron chi connectivity index (χ4n) is 4.33. The molecule has 0 radical (unpaired) electrons. The molecule has 0 aromatic rings. The van der Waals surface area contributed by atoms with Crippen molar-refractivity contribution in [2.24, 2.45) is 17.8 Å². The first kappa shape index (κ1) is 12.3. The monoisotopic (exact) mass is 250 g/mol. The summed E-state index contributed by atoms with van der Waals surface area (Å²) in [4.78, 5) is 11.9. The quantitative estimate of drug-likeness (QED) is 0.794. The van der Waals surface area contributed by atoms with Crippen LogP contribution in [-0.4, -0.2) is 18.6 Å². The number of rotatable bonds is 3. The van der Waals surface area contributed by atoms with Gasteiger partial charge in [0.25, 0.3) is 0 Å². The van der Waals surface area contributed by atoms with Crippen molar-refractivity contribution in [1.29, 1.82) is 0 Å². The van der Waals surface area contributed by atoms with E-state index in [0.717, 1.165) is 24.3 Å². The zero-order chi connectivity index (χ0) is 12.4. The van der Waals surface area contributed by atoms with Gasteiger partial charge in [-0.3, -0.25) is 0 Å². The highest BCUT2D eigenvalue weighted by molar-refractivity contribution is 5.74. The Balaban J connectivity index is 1.36. The van der Waals surface area contributed by atoms with Crippen LogP contribution in [0.3, 0.4) is 0 Å². The smallest absolute Gasteiger partial charge is 0.315 e.